The van der Waals surface area contributed by atoms with Crippen molar-refractivity contribution in [3.63, 3.8) is 0 Å². The van der Waals surface area contributed by atoms with Gasteiger partial charge in [-0.15, -0.1) is 0 Å². The van der Waals surface area contributed by atoms with Gasteiger partial charge in [0.25, 0.3) is 0 Å². The Bertz CT molecular complexity index is 584. The van der Waals surface area contributed by atoms with Crippen LogP contribution in [0.4, 0.5) is 5.82 Å². The molecule has 0 spiro atoms. The topological polar surface area (TPSA) is 47.0 Å². The minimum atomic E-state index is 0.280. The molecular formula is C14H16ClN3O. The summed E-state index contributed by atoms with van der Waals surface area (Å²) in [6.45, 7) is 2.80. The zero-order valence-electron chi connectivity index (χ0n) is 10.8. The number of aromatic nitrogens is 2. The monoisotopic (exact) mass is 277 g/mol. The molecule has 0 aliphatic heterocycles. The average Bonchev–Trinajstić information content (AvgIpc) is 2.36. The maximum atomic E-state index is 5.96. The van der Waals surface area contributed by atoms with E-state index in [4.69, 9.17) is 16.3 Å². The molecule has 100 valence electrons. The summed E-state index contributed by atoms with van der Waals surface area (Å²) in [6.07, 6.45) is 2.42. The average molecular weight is 278 g/mol. The molecule has 1 aliphatic carbocycles. The largest absolute Gasteiger partial charge is 0.378 e. The Morgan fingerprint density at radius 3 is 2.89 bits per heavy atom. The maximum absolute atomic E-state index is 5.96. The summed E-state index contributed by atoms with van der Waals surface area (Å²) in [5.74, 6) is 0.815. The Balaban J connectivity index is 1.78. The number of halogens is 1. The SMILES string of the molecule is CCOC1CC(Nc2nc(Cl)nc3ccccc23)C1. The Kier molecular flexibility index (Phi) is 3.53. The van der Waals surface area contributed by atoms with E-state index in [1.807, 2.05) is 31.2 Å². The molecule has 2 aromatic rings. The lowest BCUT2D eigenvalue weighted by atomic mass is 9.89. The Morgan fingerprint density at radius 2 is 2.11 bits per heavy atom. The zero-order chi connectivity index (χ0) is 13.2. The molecule has 0 bridgehead atoms. The smallest absolute Gasteiger partial charge is 0.224 e. The molecule has 0 saturated heterocycles. The standard InChI is InChI=1S/C14H16ClN3O/c1-2-19-10-7-9(8-10)16-13-11-5-3-4-6-12(11)17-14(15)18-13/h3-6,9-10H,2,7-8H2,1H3,(H,16,17,18). The molecule has 0 amide bonds. The van der Waals surface area contributed by atoms with Crippen molar-refractivity contribution in [3.05, 3.63) is 29.5 Å². The number of ether oxygens (including phenoxy) is 1. The number of fused-ring (bicyclic) bond motifs is 1. The normalized spacial score (nSPS) is 22.2. The second-order valence-corrected chi connectivity index (χ2v) is 5.09. The van der Waals surface area contributed by atoms with Crippen molar-refractivity contribution in [2.24, 2.45) is 0 Å². The zero-order valence-corrected chi connectivity index (χ0v) is 11.5. The van der Waals surface area contributed by atoms with E-state index in [0.29, 0.717) is 12.1 Å². The summed E-state index contributed by atoms with van der Waals surface area (Å²) in [4.78, 5) is 8.52. The number of nitrogens with zero attached hydrogens (tertiary/aromatic N) is 2. The van der Waals surface area contributed by atoms with Gasteiger partial charge >= 0.3 is 0 Å². The molecule has 1 aliphatic rings. The fourth-order valence-electron chi connectivity index (χ4n) is 2.41. The molecule has 0 radical (unpaired) electrons. The third-order valence-corrected chi connectivity index (χ3v) is 3.58. The minimum absolute atomic E-state index is 0.280. The van der Waals surface area contributed by atoms with Crippen LogP contribution < -0.4 is 5.32 Å². The summed E-state index contributed by atoms with van der Waals surface area (Å²) in [5.41, 5.74) is 0.866. The van der Waals surface area contributed by atoms with E-state index in [0.717, 1.165) is 36.2 Å². The van der Waals surface area contributed by atoms with Crippen LogP contribution in [0, 0.1) is 0 Å². The lowest BCUT2D eigenvalue weighted by Crippen LogP contribution is -2.41. The summed E-state index contributed by atoms with van der Waals surface area (Å²) in [6, 6.07) is 8.29. The molecular weight excluding hydrogens is 262 g/mol. The summed E-state index contributed by atoms with van der Waals surface area (Å²) >= 11 is 5.96. The highest BCUT2D eigenvalue weighted by molar-refractivity contribution is 6.28. The predicted molar refractivity (Wildman–Crippen MR) is 76.6 cm³/mol. The van der Waals surface area contributed by atoms with Crippen molar-refractivity contribution in [3.8, 4) is 0 Å². The van der Waals surface area contributed by atoms with Crippen molar-refractivity contribution in [1.29, 1.82) is 0 Å². The van der Waals surface area contributed by atoms with Crippen molar-refractivity contribution in [2.75, 3.05) is 11.9 Å². The van der Waals surface area contributed by atoms with Gasteiger partial charge in [-0.05, 0) is 43.5 Å². The fraction of sp³-hybridized carbons (Fsp3) is 0.429. The number of rotatable bonds is 4. The van der Waals surface area contributed by atoms with Gasteiger partial charge < -0.3 is 10.1 Å². The lowest BCUT2D eigenvalue weighted by Gasteiger charge is -2.35. The van der Waals surface area contributed by atoms with Crippen molar-refractivity contribution < 1.29 is 4.74 Å². The van der Waals surface area contributed by atoms with Crippen LogP contribution in [-0.4, -0.2) is 28.7 Å². The van der Waals surface area contributed by atoms with Crippen LogP contribution in [0.1, 0.15) is 19.8 Å². The van der Waals surface area contributed by atoms with Crippen LogP contribution in [0.25, 0.3) is 10.9 Å². The highest BCUT2D eigenvalue weighted by Crippen LogP contribution is 2.29. The molecule has 1 N–H and O–H groups in total. The van der Waals surface area contributed by atoms with Crippen LogP contribution in [0.3, 0.4) is 0 Å². The summed E-state index contributed by atoms with van der Waals surface area (Å²) < 4.78 is 5.56. The fourth-order valence-corrected chi connectivity index (χ4v) is 2.58. The third-order valence-electron chi connectivity index (χ3n) is 3.41. The van der Waals surface area contributed by atoms with Crippen LogP contribution >= 0.6 is 11.6 Å². The van der Waals surface area contributed by atoms with Gasteiger partial charge in [0.1, 0.15) is 5.82 Å². The highest BCUT2D eigenvalue weighted by Gasteiger charge is 2.30. The molecule has 1 aromatic heterocycles. The first-order valence-electron chi connectivity index (χ1n) is 6.56. The van der Waals surface area contributed by atoms with Gasteiger partial charge in [0.2, 0.25) is 5.28 Å². The van der Waals surface area contributed by atoms with Crippen molar-refractivity contribution >= 4 is 28.3 Å². The summed E-state index contributed by atoms with van der Waals surface area (Å²) in [5, 5.41) is 4.72. The number of anilines is 1. The Hall–Kier alpha value is -1.39. The van der Waals surface area contributed by atoms with Crippen LogP contribution in [-0.2, 0) is 4.74 Å². The molecule has 3 rings (SSSR count). The van der Waals surface area contributed by atoms with Gasteiger partial charge in [0.05, 0.1) is 11.6 Å². The van der Waals surface area contributed by atoms with E-state index in [2.05, 4.69) is 15.3 Å². The van der Waals surface area contributed by atoms with Gasteiger partial charge in [-0.1, -0.05) is 12.1 Å². The van der Waals surface area contributed by atoms with E-state index in [9.17, 15) is 0 Å². The highest BCUT2D eigenvalue weighted by atomic mass is 35.5. The van der Waals surface area contributed by atoms with E-state index < -0.39 is 0 Å². The molecule has 1 saturated carbocycles. The van der Waals surface area contributed by atoms with Gasteiger partial charge in [0.15, 0.2) is 0 Å². The lowest BCUT2D eigenvalue weighted by molar-refractivity contribution is 0.00295. The minimum Gasteiger partial charge on any atom is -0.378 e. The van der Waals surface area contributed by atoms with Crippen molar-refractivity contribution in [1.82, 2.24) is 9.97 Å². The van der Waals surface area contributed by atoms with Crippen LogP contribution in [0.5, 0.6) is 0 Å². The second kappa shape index (κ2) is 5.31. The first kappa shape index (κ1) is 12.6. The molecule has 0 unspecified atom stereocenters. The van der Waals surface area contributed by atoms with E-state index in [1.165, 1.54) is 0 Å². The first-order valence-corrected chi connectivity index (χ1v) is 6.94. The number of hydrogen-bond donors (Lipinski definition) is 1. The molecule has 5 heteroatoms. The maximum Gasteiger partial charge on any atom is 0.224 e. The number of para-hydroxylation sites is 1. The molecule has 1 fully saturated rings. The molecule has 0 atom stereocenters. The summed E-state index contributed by atoms with van der Waals surface area (Å²) in [7, 11) is 0. The molecule has 1 heterocycles. The van der Waals surface area contributed by atoms with Gasteiger partial charge in [-0.2, -0.15) is 0 Å². The molecule has 4 nitrogen and oxygen atoms in total. The molecule has 19 heavy (non-hydrogen) atoms. The van der Waals surface area contributed by atoms with Gasteiger partial charge in [0, 0.05) is 18.0 Å². The Morgan fingerprint density at radius 1 is 1.32 bits per heavy atom. The second-order valence-electron chi connectivity index (χ2n) is 4.75. The van der Waals surface area contributed by atoms with E-state index >= 15 is 0 Å². The van der Waals surface area contributed by atoms with E-state index in [1.54, 1.807) is 0 Å². The predicted octanol–water partition coefficient (Wildman–Crippen LogP) is 3.26. The van der Waals surface area contributed by atoms with E-state index in [-0.39, 0.29) is 5.28 Å². The Labute approximate surface area is 117 Å². The number of benzene rings is 1. The first-order chi connectivity index (χ1) is 9.26. The quantitative estimate of drug-likeness (QED) is 0.872. The van der Waals surface area contributed by atoms with Crippen LogP contribution in [0.15, 0.2) is 24.3 Å². The molecule has 1 aromatic carbocycles. The third kappa shape index (κ3) is 2.65. The van der Waals surface area contributed by atoms with Crippen LogP contribution in [0.2, 0.25) is 5.28 Å². The van der Waals surface area contributed by atoms with Crippen molar-refractivity contribution in [2.45, 2.75) is 31.9 Å². The van der Waals surface area contributed by atoms with Gasteiger partial charge in [-0.25, -0.2) is 9.97 Å². The van der Waals surface area contributed by atoms with Gasteiger partial charge in [-0.3, -0.25) is 0 Å². The number of hydrogen-bond acceptors (Lipinski definition) is 4. The number of nitrogens with one attached hydrogen (secondary N) is 1.